The highest BCUT2D eigenvalue weighted by molar-refractivity contribution is 7.21. The lowest BCUT2D eigenvalue weighted by Gasteiger charge is -2.16. The zero-order valence-corrected chi connectivity index (χ0v) is 18.3. The highest BCUT2D eigenvalue weighted by atomic mass is 32.1. The number of ether oxygens (including phenoxy) is 1. The highest BCUT2D eigenvalue weighted by Crippen LogP contribution is 2.32. The van der Waals surface area contributed by atoms with Gasteiger partial charge in [0.25, 0.3) is 5.91 Å². The number of rotatable bonds is 5. The van der Waals surface area contributed by atoms with Gasteiger partial charge < -0.3 is 10.1 Å². The second-order valence-corrected chi connectivity index (χ2v) is 8.42. The van der Waals surface area contributed by atoms with Crippen LogP contribution in [0.1, 0.15) is 28.4 Å². The molecule has 31 heavy (non-hydrogen) atoms. The summed E-state index contributed by atoms with van der Waals surface area (Å²) in [4.78, 5) is 30.2. The van der Waals surface area contributed by atoms with Crippen molar-refractivity contribution in [1.29, 1.82) is 0 Å². The molecule has 0 aliphatic carbocycles. The first-order valence-electron chi connectivity index (χ1n) is 9.96. The Kier molecular flexibility index (Phi) is 5.82. The summed E-state index contributed by atoms with van der Waals surface area (Å²) in [6.45, 7) is 5.44. The van der Waals surface area contributed by atoms with Crippen molar-refractivity contribution in [2.24, 2.45) is 0 Å². The summed E-state index contributed by atoms with van der Waals surface area (Å²) >= 11 is 1.51. The third kappa shape index (κ3) is 4.49. The van der Waals surface area contributed by atoms with Gasteiger partial charge in [-0.3, -0.25) is 4.79 Å². The average molecular weight is 431 g/mol. The fraction of sp³-hybridized carbons (Fsp3) is 0.160. The molecular weight excluding hydrogens is 408 g/mol. The molecule has 1 amide bonds. The fourth-order valence-corrected chi connectivity index (χ4v) is 4.22. The number of nitrogens with one attached hydrogen (secondary N) is 1. The van der Waals surface area contributed by atoms with Crippen LogP contribution in [0.25, 0.3) is 20.8 Å². The first-order valence-corrected chi connectivity index (χ1v) is 10.8. The Balaban J connectivity index is 1.53. The number of thiazole rings is 1. The van der Waals surface area contributed by atoms with Crippen LogP contribution in [0.15, 0.2) is 66.7 Å². The van der Waals surface area contributed by atoms with Gasteiger partial charge in [0.2, 0.25) is 0 Å². The van der Waals surface area contributed by atoms with Crippen LogP contribution >= 0.6 is 11.3 Å². The third-order valence-electron chi connectivity index (χ3n) is 4.98. The van der Waals surface area contributed by atoms with Gasteiger partial charge in [-0.25, -0.2) is 9.78 Å². The molecule has 4 aromatic rings. The molecule has 6 heteroatoms. The molecule has 0 radical (unpaired) electrons. The number of aromatic nitrogens is 1. The van der Waals surface area contributed by atoms with E-state index < -0.39 is 12.1 Å². The second-order valence-electron chi connectivity index (χ2n) is 7.39. The molecule has 5 nitrogen and oxygen atoms in total. The van der Waals surface area contributed by atoms with Crippen LogP contribution < -0.4 is 5.32 Å². The smallest absolute Gasteiger partial charge is 0.339 e. The van der Waals surface area contributed by atoms with Crippen molar-refractivity contribution in [3.8, 4) is 10.6 Å². The largest absolute Gasteiger partial charge is 0.449 e. The first kappa shape index (κ1) is 20.8. The summed E-state index contributed by atoms with van der Waals surface area (Å²) < 4.78 is 6.55. The van der Waals surface area contributed by atoms with Crippen LogP contribution in [-0.4, -0.2) is 23.0 Å². The minimum atomic E-state index is -0.948. The predicted molar refractivity (Wildman–Crippen MR) is 124 cm³/mol. The number of hydrogen-bond acceptors (Lipinski definition) is 5. The Morgan fingerprint density at radius 1 is 1.00 bits per heavy atom. The van der Waals surface area contributed by atoms with Crippen molar-refractivity contribution in [2.45, 2.75) is 26.9 Å². The Morgan fingerprint density at radius 2 is 1.74 bits per heavy atom. The summed E-state index contributed by atoms with van der Waals surface area (Å²) in [5.41, 5.74) is 4.65. The number of hydrogen-bond donors (Lipinski definition) is 1. The first-order chi connectivity index (χ1) is 14.9. The number of esters is 1. The Labute approximate surface area is 184 Å². The van der Waals surface area contributed by atoms with Crippen molar-refractivity contribution in [3.05, 3.63) is 83.4 Å². The van der Waals surface area contributed by atoms with E-state index >= 15 is 0 Å². The summed E-state index contributed by atoms with van der Waals surface area (Å²) in [6, 6.07) is 20.8. The maximum Gasteiger partial charge on any atom is 0.339 e. The number of carbonyl (C=O) groups excluding carboxylic acids is 2. The van der Waals surface area contributed by atoms with Gasteiger partial charge in [-0.05, 0) is 56.2 Å². The molecule has 0 spiro atoms. The molecule has 0 saturated carbocycles. The number of para-hydroxylation sites is 1. The maximum absolute atomic E-state index is 12.9. The molecule has 1 aromatic heterocycles. The number of carbonyl (C=O) groups is 2. The third-order valence-corrected chi connectivity index (χ3v) is 6.04. The molecule has 0 bridgehead atoms. The molecule has 0 aliphatic rings. The van der Waals surface area contributed by atoms with Crippen molar-refractivity contribution in [3.63, 3.8) is 0 Å². The van der Waals surface area contributed by atoms with Gasteiger partial charge in [-0.1, -0.05) is 42.5 Å². The average Bonchev–Trinajstić information content (AvgIpc) is 3.20. The summed E-state index contributed by atoms with van der Waals surface area (Å²) in [5, 5.41) is 3.58. The second kappa shape index (κ2) is 8.70. The normalized spacial score (nSPS) is 11.8. The molecule has 1 heterocycles. The van der Waals surface area contributed by atoms with Crippen LogP contribution in [0.5, 0.6) is 0 Å². The van der Waals surface area contributed by atoms with Crippen molar-refractivity contribution < 1.29 is 14.3 Å². The van der Waals surface area contributed by atoms with E-state index in [1.165, 1.54) is 11.3 Å². The Hall–Kier alpha value is -3.51. The number of nitrogens with zero attached hydrogens (tertiary/aromatic N) is 1. The van der Waals surface area contributed by atoms with Gasteiger partial charge >= 0.3 is 5.97 Å². The lowest BCUT2D eigenvalue weighted by molar-refractivity contribution is -0.123. The Morgan fingerprint density at radius 3 is 2.55 bits per heavy atom. The van der Waals surface area contributed by atoms with Crippen LogP contribution in [0.4, 0.5) is 5.69 Å². The number of fused-ring (bicyclic) bond motifs is 1. The topological polar surface area (TPSA) is 68.3 Å². The van der Waals surface area contributed by atoms with Gasteiger partial charge in [-0.15, -0.1) is 11.3 Å². The van der Waals surface area contributed by atoms with Crippen LogP contribution in [-0.2, 0) is 9.53 Å². The van der Waals surface area contributed by atoms with Crippen molar-refractivity contribution in [2.75, 3.05) is 5.32 Å². The summed E-state index contributed by atoms with van der Waals surface area (Å²) in [7, 11) is 0. The minimum Gasteiger partial charge on any atom is -0.449 e. The molecule has 156 valence electrons. The van der Waals surface area contributed by atoms with E-state index in [0.29, 0.717) is 16.8 Å². The fourth-order valence-electron chi connectivity index (χ4n) is 3.22. The lowest BCUT2D eigenvalue weighted by Crippen LogP contribution is -2.30. The molecule has 1 atom stereocenters. The molecule has 0 fully saturated rings. The number of aryl methyl sites for hydroxylation is 2. The van der Waals surface area contributed by atoms with Gasteiger partial charge in [0.15, 0.2) is 6.10 Å². The molecular formula is C25H22N2O3S. The molecule has 1 unspecified atom stereocenters. The highest BCUT2D eigenvalue weighted by Gasteiger charge is 2.22. The van der Waals surface area contributed by atoms with Gasteiger partial charge in [0.1, 0.15) is 5.01 Å². The van der Waals surface area contributed by atoms with Crippen molar-refractivity contribution in [1.82, 2.24) is 4.98 Å². The zero-order chi connectivity index (χ0) is 22.0. The van der Waals surface area contributed by atoms with Crippen LogP contribution in [0.3, 0.4) is 0 Å². The number of anilines is 1. The quantitative estimate of drug-likeness (QED) is 0.409. The molecule has 4 rings (SSSR count). The van der Waals surface area contributed by atoms with Crippen molar-refractivity contribution >= 4 is 39.1 Å². The van der Waals surface area contributed by atoms with E-state index in [4.69, 9.17) is 4.74 Å². The van der Waals surface area contributed by atoms with Crippen LogP contribution in [0, 0.1) is 13.8 Å². The molecule has 1 N–H and O–H groups in total. The maximum atomic E-state index is 12.9. The number of amides is 1. The predicted octanol–water partition coefficient (Wildman–Crippen LogP) is 5.76. The summed E-state index contributed by atoms with van der Waals surface area (Å²) in [5.74, 6) is -0.932. The van der Waals surface area contributed by atoms with Gasteiger partial charge in [0.05, 0.1) is 15.8 Å². The van der Waals surface area contributed by atoms with E-state index in [1.54, 1.807) is 19.1 Å². The lowest BCUT2D eigenvalue weighted by atomic mass is 10.1. The van der Waals surface area contributed by atoms with E-state index in [0.717, 1.165) is 26.4 Å². The SMILES string of the molecule is Cc1ccc(C)c(NC(=O)C(C)OC(=O)c2ccccc2-c2nc3ccccc3s2)c1. The monoisotopic (exact) mass is 430 g/mol. The molecule has 3 aromatic carbocycles. The van der Waals surface area contributed by atoms with E-state index in [9.17, 15) is 9.59 Å². The van der Waals surface area contributed by atoms with Gasteiger partial charge in [-0.2, -0.15) is 0 Å². The van der Waals surface area contributed by atoms with Gasteiger partial charge in [0, 0.05) is 11.3 Å². The molecule has 0 saturated heterocycles. The standard InChI is InChI=1S/C25H22N2O3S/c1-15-12-13-16(2)21(14-15)26-23(28)17(3)30-25(29)19-9-5-4-8-18(19)24-27-20-10-6-7-11-22(20)31-24/h4-14,17H,1-3H3,(H,26,28). The zero-order valence-electron chi connectivity index (χ0n) is 17.5. The number of benzene rings is 3. The molecule has 0 aliphatic heterocycles. The van der Waals surface area contributed by atoms with Crippen LogP contribution in [0.2, 0.25) is 0 Å². The van der Waals surface area contributed by atoms with E-state index in [2.05, 4.69) is 10.3 Å². The van der Waals surface area contributed by atoms with E-state index in [-0.39, 0.29) is 5.91 Å². The summed E-state index contributed by atoms with van der Waals surface area (Å²) in [6.07, 6.45) is -0.948. The minimum absolute atomic E-state index is 0.375. The Bertz CT molecular complexity index is 1250. The van der Waals surface area contributed by atoms with E-state index in [1.807, 2.05) is 68.4 Å².